The summed E-state index contributed by atoms with van der Waals surface area (Å²) >= 11 is 5.58. The number of hydrogen-bond acceptors (Lipinski definition) is 4. The summed E-state index contributed by atoms with van der Waals surface area (Å²) in [5, 5.41) is 5.78. The summed E-state index contributed by atoms with van der Waals surface area (Å²) in [6.45, 7) is 3.01. The first-order chi connectivity index (χ1) is 10.7. The van der Waals surface area contributed by atoms with Crippen LogP contribution < -0.4 is 10.6 Å². The molecule has 2 N–H and O–H groups in total. The number of anilines is 1. The van der Waals surface area contributed by atoms with Crippen molar-refractivity contribution in [2.75, 3.05) is 25.5 Å². The van der Waals surface area contributed by atoms with Crippen molar-refractivity contribution >= 4 is 23.3 Å². The molecule has 4 nitrogen and oxygen atoms in total. The van der Waals surface area contributed by atoms with E-state index < -0.39 is 11.7 Å². The van der Waals surface area contributed by atoms with E-state index in [1.165, 1.54) is 19.2 Å². The second-order valence-corrected chi connectivity index (χ2v) is 5.53. The molecular formula is C15H20ClF3N2O2. The maximum atomic E-state index is 12.8. The number of ether oxygens (including phenoxy) is 1. The molecule has 1 aromatic rings. The molecule has 0 aliphatic heterocycles. The maximum Gasteiger partial charge on any atom is 0.417 e. The van der Waals surface area contributed by atoms with Crippen LogP contribution in [0, 0.1) is 0 Å². The van der Waals surface area contributed by atoms with Gasteiger partial charge >= 0.3 is 12.1 Å². The van der Waals surface area contributed by atoms with Gasteiger partial charge in [-0.15, -0.1) is 0 Å². The van der Waals surface area contributed by atoms with Crippen molar-refractivity contribution in [3.8, 4) is 0 Å². The van der Waals surface area contributed by atoms with Crippen molar-refractivity contribution in [2.45, 2.75) is 32.0 Å². The molecule has 0 saturated carbocycles. The van der Waals surface area contributed by atoms with Crippen LogP contribution in [0.5, 0.6) is 0 Å². The molecular weight excluding hydrogens is 333 g/mol. The lowest BCUT2D eigenvalue weighted by Crippen LogP contribution is -2.31. The standard InChI is InChI=1S/C15H20ClF3N2O2/c1-10(9-20-7-3-4-14(22)23-2)21-11-5-6-13(16)12(8-11)15(17,18)19/h5-6,8,10,20-21H,3-4,7,9H2,1-2H3/t10-/m1/s1. The zero-order chi connectivity index (χ0) is 17.5. The van der Waals surface area contributed by atoms with Gasteiger partial charge in [0.15, 0.2) is 0 Å². The normalized spacial score (nSPS) is 12.8. The molecule has 1 aromatic carbocycles. The van der Waals surface area contributed by atoms with Gasteiger partial charge in [0.2, 0.25) is 0 Å². The van der Waals surface area contributed by atoms with Crippen molar-refractivity contribution in [1.82, 2.24) is 5.32 Å². The lowest BCUT2D eigenvalue weighted by Gasteiger charge is -2.18. The average Bonchev–Trinajstić information content (AvgIpc) is 2.47. The Hall–Kier alpha value is -1.47. The number of hydrogen-bond donors (Lipinski definition) is 2. The number of methoxy groups -OCH3 is 1. The number of carbonyl (C=O) groups is 1. The fraction of sp³-hybridized carbons (Fsp3) is 0.533. The highest BCUT2D eigenvalue weighted by atomic mass is 35.5. The predicted molar refractivity (Wildman–Crippen MR) is 83.7 cm³/mol. The second-order valence-electron chi connectivity index (χ2n) is 5.12. The van der Waals surface area contributed by atoms with E-state index in [-0.39, 0.29) is 17.0 Å². The molecule has 0 bridgehead atoms. The van der Waals surface area contributed by atoms with Crippen LogP contribution in [0.1, 0.15) is 25.3 Å². The molecule has 0 radical (unpaired) electrons. The van der Waals surface area contributed by atoms with Crippen LogP contribution in [0.25, 0.3) is 0 Å². The minimum Gasteiger partial charge on any atom is -0.469 e. The average molecular weight is 353 g/mol. The minimum atomic E-state index is -4.48. The van der Waals surface area contributed by atoms with E-state index in [0.717, 1.165) is 6.07 Å². The number of rotatable bonds is 8. The fourth-order valence-electron chi connectivity index (χ4n) is 1.95. The van der Waals surface area contributed by atoms with Crippen molar-refractivity contribution in [1.29, 1.82) is 0 Å². The van der Waals surface area contributed by atoms with Crippen molar-refractivity contribution in [3.05, 3.63) is 28.8 Å². The van der Waals surface area contributed by atoms with E-state index in [9.17, 15) is 18.0 Å². The Morgan fingerprint density at radius 2 is 2.09 bits per heavy atom. The van der Waals surface area contributed by atoms with Gasteiger partial charge in [-0.05, 0) is 38.1 Å². The van der Waals surface area contributed by atoms with Crippen LogP contribution in [-0.2, 0) is 15.7 Å². The minimum absolute atomic E-state index is 0.0876. The van der Waals surface area contributed by atoms with Gasteiger partial charge in [0.25, 0.3) is 0 Å². The van der Waals surface area contributed by atoms with Crippen LogP contribution in [0.15, 0.2) is 18.2 Å². The summed E-state index contributed by atoms with van der Waals surface area (Å²) in [6.07, 6.45) is -3.51. The molecule has 0 aromatic heterocycles. The number of esters is 1. The summed E-state index contributed by atoms with van der Waals surface area (Å²) in [7, 11) is 1.34. The van der Waals surface area contributed by atoms with Gasteiger partial charge in [0, 0.05) is 24.7 Å². The Kier molecular flexibility index (Phi) is 7.64. The molecule has 0 amide bonds. The van der Waals surface area contributed by atoms with E-state index in [0.29, 0.717) is 31.6 Å². The van der Waals surface area contributed by atoms with Gasteiger partial charge in [-0.1, -0.05) is 11.6 Å². The highest BCUT2D eigenvalue weighted by Gasteiger charge is 2.33. The molecule has 0 saturated heterocycles. The molecule has 0 spiro atoms. The first-order valence-corrected chi connectivity index (χ1v) is 7.52. The summed E-state index contributed by atoms with van der Waals surface area (Å²) in [6, 6.07) is 3.64. The van der Waals surface area contributed by atoms with Crippen LogP contribution in [0.4, 0.5) is 18.9 Å². The highest BCUT2D eigenvalue weighted by molar-refractivity contribution is 6.31. The van der Waals surface area contributed by atoms with E-state index in [2.05, 4.69) is 15.4 Å². The second kappa shape index (κ2) is 8.98. The number of alkyl halides is 3. The quantitative estimate of drug-likeness (QED) is 0.553. The van der Waals surface area contributed by atoms with E-state index in [1.54, 1.807) is 0 Å². The Balaban J connectivity index is 2.43. The molecule has 0 heterocycles. The lowest BCUT2D eigenvalue weighted by atomic mass is 10.1. The third-order valence-corrected chi connectivity index (χ3v) is 3.43. The smallest absolute Gasteiger partial charge is 0.417 e. The van der Waals surface area contributed by atoms with Crippen LogP contribution >= 0.6 is 11.6 Å². The zero-order valence-corrected chi connectivity index (χ0v) is 13.7. The van der Waals surface area contributed by atoms with Gasteiger partial charge in [-0.25, -0.2) is 0 Å². The Bertz CT molecular complexity index is 524. The largest absolute Gasteiger partial charge is 0.469 e. The van der Waals surface area contributed by atoms with Gasteiger partial charge in [0.05, 0.1) is 17.7 Å². The molecule has 8 heteroatoms. The molecule has 23 heavy (non-hydrogen) atoms. The van der Waals surface area contributed by atoms with Gasteiger partial charge < -0.3 is 15.4 Å². The molecule has 0 fully saturated rings. The van der Waals surface area contributed by atoms with Crippen LogP contribution in [0.2, 0.25) is 5.02 Å². The third-order valence-electron chi connectivity index (χ3n) is 3.10. The molecule has 0 aliphatic rings. The van der Waals surface area contributed by atoms with Crippen molar-refractivity contribution in [2.24, 2.45) is 0 Å². The van der Waals surface area contributed by atoms with Crippen molar-refractivity contribution in [3.63, 3.8) is 0 Å². The number of halogens is 4. The highest BCUT2D eigenvalue weighted by Crippen LogP contribution is 2.36. The summed E-state index contributed by atoms with van der Waals surface area (Å²) in [4.78, 5) is 10.9. The predicted octanol–water partition coefficient (Wildman–Crippen LogP) is 3.70. The molecule has 130 valence electrons. The summed E-state index contributed by atoms with van der Waals surface area (Å²) in [5.74, 6) is -0.265. The van der Waals surface area contributed by atoms with Crippen LogP contribution in [-0.4, -0.2) is 32.2 Å². The Labute approximate surface area is 138 Å². The number of benzene rings is 1. The Morgan fingerprint density at radius 1 is 1.39 bits per heavy atom. The van der Waals surface area contributed by atoms with Gasteiger partial charge in [0.1, 0.15) is 0 Å². The fourth-order valence-corrected chi connectivity index (χ4v) is 2.17. The number of nitrogens with one attached hydrogen (secondary N) is 2. The van der Waals surface area contributed by atoms with E-state index >= 15 is 0 Å². The maximum absolute atomic E-state index is 12.8. The molecule has 0 aliphatic carbocycles. The zero-order valence-electron chi connectivity index (χ0n) is 13.0. The monoisotopic (exact) mass is 352 g/mol. The van der Waals surface area contributed by atoms with Gasteiger partial charge in [-0.2, -0.15) is 13.2 Å². The SMILES string of the molecule is COC(=O)CCCNC[C@@H](C)Nc1ccc(Cl)c(C(F)(F)F)c1. The molecule has 1 atom stereocenters. The van der Waals surface area contributed by atoms with E-state index in [1.807, 2.05) is 6.92 Å². The summed E-state index contributed by atoms with van der Waals surface area (Å²) in [5.41, 5.74) is -0.506. The number of carbonyl (C=O) groups excluding carboxylic acids is 1. The topological polar surface area (TPSA) is 50.4 Å². The first kappa shape index (κ1) is 19.6. The van der Waals surface area contributed by atoms with E-state index in [4.69, 9.17) is 11.6 Å². The molecule has 0 unspecified atom stereocenters. The van der Waals surface area contributed by atoms with Crippen molar-refractivity contribution < 1.29 is 22.7 Å². The first-order valence-electron chi connectivity index (χ1n) is 7.15. The molecule has 1 rings (SSSR count). The van der Waals surface area contributed by atoms with Gasteiger partial charge in [-0.3, -0.25) is 4.79 Å². The lowest BCUT2D eigenvalue weighted by molar-refractivity contribution is -0.140. The Morgan fingerprint density at radius 3 is 2.70 bits per heavy atom. The summed E-state index contributed by atoms with van der Waals surface area (Å²) < 4.78 is 42.9. The van der Waals surface area contributed by atoms with Crippen LogP contribution in [0.3, 0.4) is 0 Å². The third kappa shape index (κ3) is 7.09.